The maximum Gasteiger partial charge on any atom is 0.471 e. The van der Waals surface area contributed by atoms with Gasteiger partial charge >= 0.3 is 18.2 Å². The second kappa shape index (κ2) is 9.22. The van der Waals surface area contributed by atoms with E-state index in [2.05, 4.69) is 29.9 Å². The number of hydrogen-bond donors (Lipinski definition) is 1. The third kappa shape index (κ3) is 5.32. The first-order valence-electron chi connectivity index (χ1n) is 9.61. The highest BCUT2D eigenvalue weighted by Gasteiger charge is 2.38. The molecule has 9 nitrogen and oxygen atoms in total. The molecule has 32 heavy (non-hydrogen) atoms. The van der Waals surface area contributed by atoms with Crippen LogP contribution in [-0.2, 0) is 22.3 Å². The minimum absolute atomic E-state index is 0.0311. The minimum Gasteiger partial charge on any atom is -0.444 e. The van der Waals surface area contributed by atoms with Crippen LogP contribution in [0.3, 0.4) is 0 Å². The van der Waals surface area contributed by atoms with Gasteiger partial charge in [-0.3, -0.25) is 5.32 Å². The molecule has 0 atom stereocenters. The lowest BCUT2D eigenvalue weighted by Crippen LogP contribution is -2.36. The van der Waals surface area contributed by atoms with E-state index in [0.29, 0.717) is 24.5 Å². The molecule has 0 bridgehead atoms. The number of alkyl halides is 3. The summed E-state index contributed by atoms with van der Waals surface area (Å²) in [6.45, 7) is 2.92. The molecular formula is C20H18F3N5O4. The number of hydrogen-bond acceptors (Lipinski definition) is 8. The fourth-order valence-electron chi connectivity index (χ4n) is 2.94. The summed E-state index contributed by atoms with van der Waals surface area (Å²) < 4.78 is 52.4. The number of carbonyl (C=O) groups is 1. The number of aromatic nitrogens is 3. The van der Waals surface area contributed by atoms with Crippen LogP contribution in [0.5, 0.6) is 0 Å². The molecule has 1 N–H and O–H groups in total. The number of morpholine rings is 1. The number of rotatable bonds is 5. The van der Waals surface area contributed by atoms with Gasteiger partial charge in [0.05, 0.1) is 13.2 Å². The third-order valence-corrected chi connectivity index (χ3v) is 4.57. The van der Waals surface area contributed by atoms with E-state index >= 15 is 0 Å². The van der Waals surface area contributed by atoms with Crippen LogP contribution >= 0.6 is 0 Å². The van der Waals surface area contributed by atoms with Gasteiger partial charge in [-0.2, -0.15) is 18.2 Å². The molecular weight excluding hydrogens is 431 g/mol. The summed E-state index contributed by atoms with van der Waals surface area (Å²) in [4.78, 5) is 21.8. The maximum atomic E-state index is 12.6. The molecule has 12 heteroatoms. The van der Waals surface area contributed by atoms with Crippen LogP contribution in [0.4, 0.5) is 29.5 Å². The normalized spacial score (nSPS) is 14.3. The van der Waals surface area contributed by atoms with Crippen molar-refractivity contribution in [1.29, 1.82) is 0 Å². The van der Waals surface area contributed by atoms with Gasteiger partial charge in [0.25, 0.3) is 0 Å². The van der Waals surface area contributed by atoms with Crippen molar-refractivity contribution in [2.45, 2.75) is 12.8 Å². The zero-order valence-electron chi connectivity index (χ0n) is 16.6. The van der Waals surface area contributed by atoms with Crippen molar-refractivity contribution in [1.82, 2.24) is 15.1 Å². The number of nitrogens with one attached hydrogen (secondary N) is 1. The van der Waals surface area contributed by atoms with Gasteiger partial charge < -0.3 is 18.9 Å². The van der Waals surface area contributed by atoms with Crippen molar-refractivity contribution in [2.24, 2.45) is 0 Å². The summed E-state index contributed by atoms with van der Waals surface area (Å²) in [6, 6.07) is 9.57. The number of halogens is 3. The Labute approximate surface area is 180 Å². The molecule has 1 aliphatic heterocycles. The van der Waals surface area contributed by atoms with Crippen molar-refractivity contribution >= 4 is 17.6 Å². The Morgan fingerprint density at radius 1 is 1.12 bits per heavy atom. The van der Waals surface area contributed by atoms with Gasteiger partial charge in [-0.15, -0.1) is 0 Å². The highest BCUT2D eigenvalue weighted by Crippen LogP contribution is 2.29. The Hall–Kier alpha value is -3.67. The molecule has 1 fully saturated rings. The van der Waals surface area contributed by atoms with E-state index in [9.17, 15) is 18.0 Å². The smallest absolute Gasteiger partial charge is 0.444 e. The highest BCUT2D eigenvalue weighted by molar-refractivity contribution is 5.84. The first kappa shape index (κ1) is 21.6. The summed E-state index contributed by atoms with van der Waals surface area (Å²) in [5.74, 6) is -0.796. The minimum atomic E-state index is -4.71. The Bertz CT molecular complexity index is 1050. The van der Waals surface area contributed by atoms with E-state index in [-0.39, 0.29) is 12.4 Å². The van der Waals surface area contributed by atoms with Gasteiger partial charge in [0.2, 0.25) is 5.82 Å². The largest absolute Gasteiger partial charge is 0.471 e. The standard InChI is InChI=1S/C20H18F3N5O4/c21-20(22,23)18-26-17(27-32-18)14-2-4-15(5-3-14)25-19(29)31-12-13-1-6-16(24-11-13)28-7-9-30-10-8-28/h1-6,11H,7-10,12H2,(H,25,29). The number of carbonyl (C=O) groups excluding carboxylic acids is 1. The molecule has 1 saturated heterocycles. The molecule has 0 saturated carbocycles. The lowest BCUT2D eigenvalue weighted by Gasteiger charge is -2.27. The molecule has 0 spiro atoms. The predicted molar refractivity (Wildman–Crippen MR) is 106 cm³/mol. The maximum absolute atomic E-state index is 12.6. The molecule has 1 aliphatic rings. The number of benzene rings is 1. The topological polar surface area (TPSA) is 103 Å². The van der Waals surface area contributed by atoms with Crippen molar-refractivity contribution in [3.63, 3.8) is 0 Å². The van der Waals surface area contributed by atoms with Crippen LogP contribution < -0.4 is 10.2 Å². The molecule has 1 aromatic carbocycles. The Morgan fingerprint density at radius 2 is 1.88 bits per heavy atom. The van der Waals surface area contributed by atoms with Crippen molar-refractivity contribution < 1.29 is 32.0 Å². The van der Waals surface area contributed by atoms with E-state index in [1.54, 1.807) is 6.20 Å². The molecule has 3 aromatic rings. The quantitative estimate of drug-likeness (QED) is 0.629. The molecule has 0 aliphatic carbocycles. The monoisotopic (exact) mass is 449 g/mol. The SMILES string of the molecule is O=C(Nc1ccc(-c2noc(C(F)(F)F)n2)cc1)OCc1ccc(N2CCOCC2)nc1. The molecule has 0 unspecified atom stereocenters. The fraction of sp³-hybridized carbons (Fsp3) is 0.300. The van der Waals surface area contributed by atoms with Gasteiger partial charge in [-0.1, -0.05) is 11.2 Å². The summed E-state index contributed by atoms with van der Waals surface area (Å²) in [5, 5.41) is 5.84. The lowest BCUT2D eigenvalue weighted by molar-refractivity contribution is -0.159. The third-order valence-electron chi connectivity index (χ3n) is 4.57. The number of anilines is 2. The number of ether oxygens (including phenoxy) is 2. The Kier molecular flexibility index (Phi) is 6.21. The van der Waals surface area contributed by atoms with E-state index in [1.807, 2.05) is 12.1 Å². The van der Waals surface area contributed by atoms with E-state index < -0.39 is 18.2 Å². The zero-order chi connectivity index (χ0) is 22.6. The van der Waals surface area contributed by atoms with Crippen LogP contribution in [0.2, 0.25) is 0 Å². The van der Waals surface area contributed by atoms with E-state index in [4.69, 9.17) is 9.47 Å². The van der Waals surface area contributed by atoms with Gasteiger partial charge in [-0.25, -0.2) is 9.78 Å². The number of nitrogens with zero attached hydrogens (tertiary/aromatic N) is 4. The first-order chi connectivity index (χ1) is 15.4. The Balaban J connectivity index is 1.28. The summed E-state index contributed by atoms with van der Waals surface area (Å²) in [7, 11) is 0. The van der Waals surface area contributed by atoms with Crippen molar-refractivity contribution in [3.8, 4) is 11.4 Å². The van der Waals surface area contributed by atoms with E-state index in [1.165, 1.54) is 24.3 Å². The van der Waals surface area contributed by atoms with E-state index in [0.717, 1.165) is 24.5 Å². The van der Waals surface area contributed by atoms with Crippen LogP contribution in [0, 0.1) is 0 Å². The molecule has 1 amide bonds. The average molecular weight is 449 g/mol. The predicted octanol–water partition coefficient (Wildman–Crippen LogP) is 3.74. The molecule has 2 aromatic heterocycles. The zero-order valence-corrected chi connectivity index (χ0v) is 16.6. The van der Waals surface area contributed by atoms with Crippen LogP contribution in [0.1, 0.15) is 11.5 Å². The van der Waals surface area contributed by atoms with Crippen molar-refractivity contribution in [3.05, 3.63) is 54.0 Å². The van der Waals surface area contributed by atoms with Crippen LogP contribution in [-0.4, -0.2) is 47.5 Å². The average Bonchev–Trinajstić information content (AvgIpc) is 3.30. The van der Waals surface area contributed by atoms with Crippen LogP contribution in [0.15, 0.2) is 47.1 Å². The van der Waals surface area contributed by atoms with Gasteiger partial charge in [0.15, 0.2) is 0 Å². The highest BCUT2D eigenvalue weighted by atomic mass is 19.4. The first-order valence-corrected chi connectivity index (χ1v) is 9.61. The molecule has 3 heterocycles. The summed E-state index contributed by atoms with van der Waals surface area (Å²) in [6.07, 6.45) is -3.75. The number of pyridine rings is 1. The van der Waals surface area contributed by atoms with Crippen LogP contribution in [0.25, 0.3) is 11.4 Å². The molecule has 4 rings (SSSR count). The van der Waals surface area contributed by atoms with Gasteiger partial charge in [-0.05, 0) is 30.3 Å². The second-order valence-corrected chi connectivity index (χ2v) is 6.82. The molecule has 168 valence electrons. The lowest BCUT2D eigenvalue weighted by atomic mass is 10.2. The van der Waals surface area contributed by atoms with Gasteiger partial charge in [0, 0.05) is 36.1 Å². The molecule has 0 radical (unpaired) electrons. The Morgan fingerprint density at radius 3 is 2.50 bits per heavy atom. The van der Waals surface area contributed by atoms with Gasteiger partial charge in [0.1, 0.15) is 12.4 Å². The second-order valence-electron chi connectivity index (χ2n) is 6.82. The fourth-order valence-corrected chi connectivity index (χ4v) is 2.94. The summed E-state index contributed by atoms with van der Waals surface area (Å²) in [5.41, 5.74) is 1.42. The summed E-state index contributed by atoms with van der Waals surface area (Å²) >= 11 is 0. The number of amides is 1. The van der Waals surface area contributed by atoms with Crippen molar-refractivity contribution in [2.75, 3.05) is 36.5 Å².